The lowest BCUT2D eigenvalue weighted by molar-refractivity contribution is 0.545. The van der Waals surface area contributed by atoms with Gasteiger partial charge >= 0.3 is 0 Å². The zero-order chi connectivity index (χ0) is 10.9. The molecule has 1 atom stereocenters. The summed E-state index contributed by atoms with van der Waals surface area (Å²) in [4.78, 5) is 4.02. The largest absolute Gasteiger partial charge is 0.314 e. The van der Waals surface area contributed by atoms with Crippen molar-refractivity contribution in [2.24, 2.45) is 0 Å². The van der Waals surface area contributed by atoms with Crippen molar-refractivity contribution in [2.75, 3.05) is 18.6 Å². The third-order valence-corrected chi connectivity index (χ3v) is 3.01. The monoisotopic (exact) mass is 224 g/mol. The van der Waals surface area contributed by atoms with Crippen LogP contribution in [0.25, 0.3) is 0 Å². The van der Waals surface area contributed by atoms with Crippen molar-refractivity contribution < 1.29 is 0 Å². The average Bonchev–Trinajstić information content (AvgIpc) is 2.26. The molecule has 1 aromatic heterocycles. The summed E-state index contributed by atoms with van der Waals surface area (Å²) in [5, 5.41) is 3.53. The van der Waals surface area contributed by atoms with E-state index in [9.17, 15) is 0 Å². The summed E-state index contributed by atoms with van der Waals surface area (Å²) >= 11 is 1.91. The number of hydrogen-bond donors (Lipinski definition) is 1. The lowest BCUT2D eigenvalue weighted by Gasteiger charge is -2.13. The Morgan fingerprint density at radius 1 is 1.40 bits per heavy atom. The minimum atomic E-state index is 0.550. The average molecular weight is 224 g/mol. The van der Waals surface area contributed by atoms with Crippen molar-refractivity contribution >= 4 is 11.8 Å². The van der Waals surface area contributed by atoms with E-state index < -0.39 is 0 Å². The Hall–Kier alpha value is -0.540. The zero-order valence-corrected chi connectivity index (χ0v) is 10.4. The van der Waals surface area contributed by atoms with E-state index in [1.54, 1.807) is 0 Å². The summed E-state index contributed by atoms with van der Waals surface area (Å²) in [5.74, 6) is 1.25. The fourth-order valence-electron chi connectivity index (χ4n) is 1.51. The van der Waals surface area contributed by atoms with Crippen molar-refractivity contribution in [3.05, 3.63) is 30.1 Å². The lowest BCUT2D eigenvalue weighted by atomic mass is 10.1. The van der Waals surface area contributed by atoms with Gasteiger partial charge in [-0.05, 0) is 56.0 Å². The van der Waals surface area contributed by atoms with Crippen LogP contribution in [0.1, 0.15) is 18.9 Å². The summed E-state index contributed by atoms with van der Waals surface area (Å²) in [5.41, 5.74) is 1.36. The van der Waals surface area contributed by atoms with Gasteiger partial charge in [0.1, 0.15) is 0 Å². The van der Waals surface area contributed by atoms with Crippen molar-refractivity contribution in [1.29, 1.82) is 0 Å². The number of pyridine rings is 1. The molecule has 1 rings (SSSR count). The molecule has 0 saturated carbocycles. The number of rotatable bonds is 7. The van der Waals surface area contributed by atoms with Crippen LogP contribution in [0.15, 0.2) is 24.5 Å². The second-order valence-electron chi connectivity index (χ2n) is 3.76. The normalized spacial score (nSPS) is 12.7. The minimum absolute atomic E-state index is 0.550. The summed E-state index contributed by atoms with van der Waals surface area (Å²) in [6.07, 6.45) is 8.20. The summed E-state index contributed by atoms with van der Waals surface area (Å²) in [7, 11) is 0. The standard InChI is InChI=1S/C12H20N2S/c1-11(14-6-3-9-15-2)10-12-4-7-13-8-5-12/h4-5,7-8,11,14H,3,6,9-10H2,1-2H3. The highest BCUT2D eigenvalue weighted by molar-refractivity contribution is 7.98. The van der Waals surface area contributed by atoms with E-state index in [1.165, 1.54) is 17.7 Å². The molecular weight excluding hydrogens is 204 g/mol. The number of nitrogens with zero attached hydrogens (tertiary/aromatic N) is 1. The Kier molecular flexibility index (Phi) is 6.44. The highest BCUT2D eigenvalue weighted by atomic mass is 32.2. The van der Waals surface area contributed by atoms with E-state index in [0.29, 0.717) is 6.04 Å². The maximum atomic E-state index is 4.02. The smallest absolute Gasteiger partial charge is 0.0270 e. The molecule has 84 valence electrons. The molecule has 1 unspecified atom stereocenters. The number of aromatic nitrogens is 1. The van der Waals surface area contributed by atoms with Crippen molar-refractivity contribution in [3.63, 3.8) is 0 Å². The first-order valence-corrected chi connectivity index (χ1v) is 6.83. The van der Waals surface area contributed by atoms with Gasteiger partial charge in [-0.25, -0.2) is 0 Å². The molecule has 0 bridgehead atoms. The number of nitrogens with one attached hydrogen (secondary N) is 1. The van der Waals surface area contributed by atoms with E-state index in [-0.39, 0.29) is 0 Å². The van der Waals surface area contributed by atoms with Gasteiger partial charge in [0.05, 0.1) is 0 Å². The molecule has 0 spiro atoms. The Morgan fingerprint density at radius 2 is 2.13 bits per heavy atom. The van der Waals surface area contributed by atoms with Crippen LogP contribution in [0.2, 0.25) is 0 Å². The van der Waals surface area contributed by atoms with Gasteiger partial charge in [0.2, 0.25) is 0 Å². The van der Waals surface area contributed by atoms with Crippen LogP contribution in [-0.4, -0.2) is 29.6 Å². The Morgan fingerprint density at radius 3 is 2.80 bits per heavy atom. The van der Waals surface area contributed by atoms with Crippen LogP contribution in [0, 0.1) is 0 Å². The number of thioether (sulfide) groups is 1. The molecule has 1 heterocycles. The molecule has 0 aliphatic carbocycles. The SMILES string of the molecule is CSCCCNC(C)Cc1ccncc1. The van der Waals surface area contributed by atoms with E-state index >= 15 is 0 Å². The van der Waals surface area contributed by atoms with Crippen LogP contribution in [0.4, 0.5) is 0 Å². The van der Waals surface area contributed by atoms with Crippen LogP contribution >= 0.6 is 11.8 Å². The summed E-state index contributed by atoms with van der Waals surface area (Å²) in [6.45, 7) is 3.35. The molecule has 0 amide bonds. The Bertz CT molecular complexity index is 251. The van der Waals surface area contributed by atoms with Crippen LogP contribution < -0.4 is 5.32 Å². The lowest BCUT2D eigenvalue weighted by Crippen LogP contribution is -2.29. The molecule has 0 aliphatic rings. The molecule has 0 radical (unpaired) electrons. The van der Waals surface area contributed by atoms with Gasteiger partial charge in [0, 0.05) is 18.4 Å². The van der Waals surface area contributed by atoms with Crippen molar-refractivity contribution in [3.8, 4) is 0 Å². The van der Waals surface area contributed by atoms with Gasteiger partial charge in [0.15, 0.2) is 0 Å². The molecule has 1 aromatic rings. The van der Waals surface area contributed by atoms with E-state index in [1.807, 2.05) is 24.2 Å². The molecule has 0 aromatic carbocycles. The fourth-order valence-corrected chi connectivity index (χ4v) is 1.94. The predicted octanol–water partition coefficient (Wildman–Crippen LogP) is 2.36. The van der Waals surface area contributed by atoms with E-state index in [0.717, 1.165) is 13.0 Å². The number of hydrogen-bond acceptors (Lipinski definition) is 3. The van der Waals surface area contributed by atoms with Crippen molar-refractivity contribution in [1.82, 2.24) is 10.3 Å². The zero-order valence-electron chi connectivity index (χ0n) is 9.57. The third-order valence-electron chi connectivity index (χ3n) is 2.31. The molecule has 15 heavy (non-hydrogen) atoms. The van der Waals surface area contributed by atoms with Gasteiger partial charge in [-0.1, -0.05) is 0 Å². The minimum Gasteiger partial charge on any atom is -0.314 e. The quantitative estimate of drug-likeness (QED) is 0.720. The molecular formula is C12H20N2S. The summed E-state index contributed by atoms with van der Waals surface area (Å²) in [6, 6.07) is 4.72. The molecule has 0 fully saturated rings. The Balaban J connectivity index is 2.16. The van der Waals surface area contributed by atoms with Gasteiger partial charge in [-0.2, -0.15) is 11.8 Å². The van der Waals surface area contributed by atoms with Gasteiger partial charge in [0.25, 0.3) is 0 Å². The molecule has 3 heteroatoms. The van der Waals surface area contributed by atoms with Gasteiger partial charge in [-0.15, -0.1) is 0 Å². The fraction of sp³-hybridized carbons (Fsp3) is 0.583. The Labute approximate surface area is 96.9 Å². The highest BCUT2D eigenvalue weighted by Crippen LogP contribution is 2.01. The summed E-state index contributed by atoms with van der Waals surface area (Å²) < 4.78 is 0. The third kappa shape index (κ3) is 5.80. The highest BCUT2D eigenvalue weighted by Gasteiger charge is 2.01. The van der Waals surface area contributed by atoms with Crippen LogP contribution in [0.5, 0.6) is 0 Å². The van der Waals surface area contributed by atoms with Gasteiger partial charge < -0.3 is 5.32 Å². The second kappa shape index (κ2) is 7.71. The predicted molar refractivity (Wildman–Crippen MR) is 68.4 cm³/mol. The van der Waals surface area contributed by atoms with Gasteiger partial charge in [-0.3, -0.25) is 4.98 Å². The molecule has 0 aliphatic heterocycles. The van der Waals surface area contributed by atoms with Crippen molar-refractivity contribution in [2.45, 2.75) is 25.8 Å². The first kappa shape index (κ1) is 12.5. The second-order valence-corrected chi connectivity index (χ2v) is 4.75. The van der Waals surface area contributed by atoms with E-state index in [4.69, 9.17) is 0 Å². The first-order chi connectivity index (χ1) is 7.33. The maximum Gasteiger partial charge on any atom is 0.0270 e. The van der Waals surface area contributed by atoms with Crippen LogP contribution in [0.3, 0.4) is 0 Å². The van der Waals surface area contributed by atoms with Crippen LogP contribution in [-0.2, 0) is 6.42 Å². The van der Waals surface area contributed by atoms with E-state index in [2.05, 4.69) is 35.6 Å². The topological polar surface area (TPSA) is 24.9 Å². The molecule has 0 saturated heterocycles. The molecule has 1 N–H and O–H groups in total. The first-order valence-electron chi connectivity index (χ1n) is 5.44. The molecule has 2 nitrogen and oxygen atoms in total. The maximum absolute atomic E-state index is 4.02.